The lowest BCUT2D eigenvalue weighted by Crippen LogP contribution is -2.27. The van der Waals surface area contributed by atoms with Crippen LogP contribution in [-0.4, -0.2) is 19.6 Å². The Labute approximate surface area is 158 Å². The fourth-order valence-corrected chi connectivity index (χ4v) is 2.48. The van der Waals surface area contributed by atoms with Gasteiger partial charge in [-0.2, -0.15) is 0 Å². The molecule has 2 aromatic rings. The molecular formula is C18H22Cl2N2O3. The number of ether oxygens (including phenoxy) is 2. The van der Waals surface area contributed by atoms with Gasteiger partial charge in [0.15, 0.2) is 0 Å². The molecule has 1 amide bonds. The number of nitrogens with two attached hydrogens (primary N) is 1. The number of anilines is 1. The first-order chi connectivity index (χ1) is 11.5. The minimum atomic E-state index is -0.289. The van der Waals surface area contributed by atoms with E-state index in [-0.39, 0.29) is 24.4 Å². The number of halogens is 2. The number of hydrogen-bond donors (Lipinski definition) is 2. The zero-order chi connectivity index (χ0) is 17.7. The molecule has 7 heteroatoms. The third-order valence-corrected chi connectivity index (χ3v) is 3.91. The summed E-state index contributed by atoms with van der Waals surface area (Å²) < 4.78 is 10.7. The van der Waals surface area contributed by atoms with Gasteiger partial charge in [-0.3, -0.25) is 4.79 Å². The summed E-state index contributed by atoms with van der Waals surface area (Å²) in [5.74, 6) is 0.858. The standard InChI is InChI=1S/C18H21ClN2O3.ClH/c1-4-24-13-7-5-6-12(8-13)11(2)21-18(22)14-9-15(19)16(20)10-17(14)23-3;/h5-11H,4,20H2,1-3H3,(H,21,22);1H. The summed E-state index contributed by atoms with van der Waals surface area (Å²) in [5.41, 5.74) is 7.39. The van der Waals surface area contributed by atoms with E-state index in [0.29, 0.717) is 28.6 Å². The van der Waals surface area contributed by atoms with Crippen LogP contribution in [0.5, 0.6) is 11.5 Å². The molecule has 0 fully saturated rings. The molecule has 0 aliphatic rings. The molecule has 0 radical (unpaired) electrons. The molecule has 5 nitrogen and oxygen atoms in total. The summed E-state index contributed by atoms with van der Waals surface area (Å²) in [5, 5.41) is 3.24. The van der Waals surface area contributed by atoms with Gasteiger partial charge in [-0.25, -0.2) is 0 Å². The zero-order valence-corrected chi connectivity index (χ0v) is 15.9. The second kappa shape index (κ2) is 9.39. The summed E-state index contributed by atoms with van der Waals surface area (Å²) in [6.45, 7) is 4.41. The summed E-state index contributed by atoms with van der Waals surface area (Å²) in [7, 11) is 1.48. The van der Waals surface area contributed by atoms with E-state index in [4.69, 9.17) is 26.8 Å². The Morgan fingerprint density at radius 2 is 2.04 bits per heavy atom. The summed E-state index contributed by atoms with van der Waals surface area (Å²) >= 11 is 6.02. The van der Waals surface area contributed by atoms with Gasteiger partial charge in [0.25, 0.3) is 5.91 Å². The van der Waals surface area contributed by atoms with Gasteiger partial charge in [0.2, 0.25) is 0 Å². The maximum absolute atomic E-state index is 12.6. The maximum atomic E-state index is 12.6. The number of carbonyl (C=O) groups excluding carboxylic acids is 1. The maximum Gasteiger partial charge on any atom is 0.255 e. The van der Waals surface area contributed by atoms with Crippen LogP contribution < -0.4 is 20.5 Å². The van der Waals surface area contributed by atoms with Crippen LogP contribution in [0.1, 0.15) is 35.8 Å². The van der Waals surface area contributed by atoms with Crippen LogP contribution in [0.25, 0.3) is 0 Å². The van der Waals surface area contributed by atoms with Crippen molar-refractivity contribution in [2.75, 3.05) is 19.5 Å². The van der Waals surface area contributed by atoms with Crippen molar-refractivity contribution in [3.05, 3.63) is 52.5 Å². The minimum absolute atomic E-state index is 0. The first-order valence-corrected chi connectivity index (χ1v) is 8.00. The number of nitrogen functional groups attached to an aromatic ring is 1. The largest absolute Gasteiger partial charge is 0.496 e. The Kier molecular flexibility index (Phi) is 7.87. The van der Waals surface area contributed by atoms with E-state index in [1.165, 1.54) is 19.2 Å². The van der Waals surface area contributed by atoms with Gasteiger partial charge in [-0.1, -0.05) is 23.7 Å². The van der Waals surface area contributed by atoms with Crippen molar-refractivity contribution in [3.8, 4) is 11.5 Å². The van der Waals surface area contributed by atoms with Crippen molar-refractivity contribution in [1.29, 1.82) is 0 Å². The third-order valence-electron chi connectivity index (χ3n) is 3.58. The fourth-order valence-electron chi connectivity index (χ4n) is 2.31. The quantitative estimate of drug-likeness (QED) is 0.730. The molecule has 2 aromatic carbocycles. The normalized spacial score (nSPS) is 11.2. The lowest BCUT2D eigenvalue weighted by molar-refractivity contribution is 0.0937. The van der Waals surface area contributed by atoms with Crippen molar-refractivity contribution < 1.29 is 14.3 Å². The van der Waals surface area contributed by atoms with Gasteiger partial charge in [0.1, 0.15) is 11.5 Å². The second-order valence-corrected chi connectivity index (χ2v) is 5.68. The molecule has 136 valence electrons. The van der Waals surface area contributed by atoms with E-state index >= 15 is 0 Å². The van der Waals surface area contributed by atoms with Crippen molar-refractivity contribution in [2.45, 2.75) is 19.9 Å². The number of benzene rings is 2. The molecule has 1 unspecified atom stereocenters. The van der Waals surface area contributed by atoms with E-state index in [2.05, 4.69) is 5.32 Å². The summed E-state index contributed by atoms with van der Waals surface area (Å²) in [6, 6.07) is 10.4. The predicted octanol–water partition coefficient (Wildman–Crippen LogP) is 4.24. The predicted molar refractivity (Wildman–Crippen MR) is 103 cm³/mol. The van der Waals surface area contributed by atoms with E-state index in [9.17, 15) is 4.79 Å². The lowest BCUT2D eigenvalue weighted by atomic mass is 10.1. The van der Waals surface area contributed by atoms with Crippen LogP contribution in [0.2, 0.25) is 5.02 Å². The molecular weight excluding hydrogens is 363 g/mol. The van der Waals surface area contributed by atoms with Crippen LogP contribution in [-0.2, 0) is 0 Å². The summed E-state index contributed by atoms with van der Waals surface area (Å²) in [4.78, 5) is 12.6. The van der Waals surface area contributed by atoms with Gasteiger partial charge in [-0.05, 0) is 37.6 Å². The van der Waals surface area contributed by atoms with E-state index in [0.717, 1.165) is 11.3 Å². The molecule has 0 saturated carbocycles. The highest BCUT2D eigenvalue weighted by Gasteiger charge is 2.18. The Balaban J connectivity index is 0.00000312. The number of methoxy groups -OCH3 is 1. The van der Waals surface area contributed by atoms with E-state index in [1.807, 2.05) is 38.1 Å². The zero-order valence-electron chi connectivity index (χ0n) is 14.3. The van der Waals surface area contributed by atoms with Gasteiger partial charge >= 0.3 is 0 Å². The monoisotopic (exact) mass is 384 g/mol. The van der Waals surface area contributed by atoms with Crippen LogP contribution in [0.4, 0.5) is 5.69 Å². The molecule has 25 heavy (non-hydrogen) atoms. The molecule has 0 bridgehead atoms. The average molecular weight is 385 g/mol. The van der Waals surface area contributed by atoms with E-state index in [1.54, 1.807) is 0 Å². The lowest BCUT2D eigenvalue weighted by Gasteiger charge is -2.17. The number of hydrogen-bond acceptors (Lipinski definition) is 4. The molecule has 3 N–H and O–H groups in total. The van der Waals surface area contributed by atoms with Gasteiger partial charge in [0.05, 0.1) is 36.0 Å². The molecule has 0 aliphatic heterocycles. The van der Waals surface area contributed by atoms with Crippen LogP contribution in [0.15, 0.2) is 36.4 Å². The Morgan fingerprint density at radius 3 is 2.68 bits per heavy atom. The SMILES string of the molecule is CCOc1cccc(C(C)NC(=O)c2cc(Cl)c(N)cc2OC)c1.Cl. The molecule has 0 aliphatic carbocycles. The Morgan fingerprint density at radius 1 is 1.32 bits per heavy atom. The smallest absolute Gasteiger partial charge is 0.255 e. The highest BCUT2D eigenvalue weighted by Crippen LogP contribution is 2.29. The first kappa shape index (κ1) is 20.9. The second-order valence-electron chi connectivity index (χ2n) is 5.27. The average Bonchev–Trinajstić information content (AvgIpc) is 2.57. The van der Waals surface area contributed by atoms with Crippen molar-refractivity contribution in [3.63, 3.8) is 0 Å². The highest BCUT2D eigenvalue weighted by molar-refractivity contribution is 6.33. The number of nitrogens with one attached hydrogen (secondary N) is 1. The van der Waals surface area contributed by atoms with Crippen molar-refractivity contribution >= 4 is 35.6 Å². The van der Waals surface area contributed by atoms with Crippen molar-refractivity contribution in [1.82, 2.24) is 5.32 Å². The number of carbonyl (C=O) groups is 1. The Hall–Kier alpha value is -2.11. The van der Waals surface area contributed by atoms with Crippen LogP contribution >= 0.6 is 24.0 Å². The van der Waals surface area contributed by atoms with Crippen molar-refractivity contribution in [2.24, 2.45) is 0 Å². The minimum Gasteiger partial charge on any atom is -0.496 e. The molecule has 0 spiro atoms. The van der Waals surface area contributed by atoms with Gasteiger partial charge < -0.3 is 20.5 Å². The Bertz CT molecular complexity index is 738. The van der Waals surface area contributed by atoms with Crippen LogP contribution in [0.3, 0.4) is 0 Å². The number of rotatable bonds is 6. The van der Waals surface area contributed by atoms with Gasteiger partial charge in [0, 0.05) is 6.07 Å². The topological polar surface area (TPSA) is 73.6 Å². The van der Waals surface area contributed by atoms with E-state index < -0.39 is 0 Å². The van der Waals surface area contributed by atoms with Crippen LogP contribution in [0, 0.1) is 0 Å². The van der Waals surface area contributed by atoms with Gasteiger partial charge in [-0.15, -0.1) is 12.4 Å². The molecule has 0 aromatic heterocycles. The first-order valence-electron chi connectivity index (χ1n) is 7.62. The molecule has 0 heterocycles. The number of amides is 1. The molecule has 1 atom stereocenters. The fraction of sp³-hybridized carbons (Fsp3) is 0.278. The molecule has 0 saturated heterocycles. The molecule has 2 rings (SSSR count). The highest BCUT2D eigenvalue weighted by atomic mass is 35.5. The third kappa shape index (κ3) is 5.18. The summed E-state index contributed by atoms with van der Waals surface area (Å²) in [6.07, 6.45) is 0.